The first-order chi connectivity index (χ1) is 13.5. The Morgan fingerprint density at radius 1 is 1.36 bits per heavy atom. The van der Waals surface area contributed by atoms with Gasteiger partial charge in [0, 0.05) is 19.0 Å². The van der Waals surface area contributed by atoms with Crippen molar-refractivity contribution in [1.29, 1.82) is 0 Å². The number of nitrogens with one attached hydrogen (secondary N) is 1. The summed E-state index contributed by atoms with van der Waals surface area (Å²) in [5.74, 6) is 1.76. The molecular weight excluding hydrogens is 402 g/mol. The van der Waals surface area contributed by atoms with Crippen molar-refractivity contribution in [3.05, 3.63) is 40.5 Å². The SMILES string of the molecule is Cc1cc(NC(=O)CCN2C(=O)/C(=C/c3ccc4c(c3)OCO4)SC2=S)no1. The maximum atomic E-state index is 12.7. The summed E-state index contributed by atoms with van der Waals surface area (Å²) in [4.78, 5) is 26.6. The van der Waals surface area contributed by atoms with Crippen molar-refractivity contribution < 1.29 is 23.6 Å². The van der Waals surface area contributed by atoms with Crippen molar-refractivity contribution in [3.8, 4) is 11.5 Å². The molecule has 0 aliphatic carbocycles. The lowest BCUT2D eigenvalue weighted by atomic mass is 10.2. The molecule has 0 bridgehead atoms. The molecule has 4 rings (SSSR count). The first-order valence-electron chi connectivity index (χ1n) is 8.38. The molecule has 2 aliphatic rings. The van der Waals surface area contributed by atoms with Gasteiger partial charge in [-0.15, -0.1) is 0 Å². The van der Waals surface area contributed by atoms with Crippen LogP contribution in [0.5, 0.6) is 11.5 Å². The highest BCUT2D eigenvalue weighted by atomic mass is 32.2. The highest BCUT2D eigenvalue weighted by Crippen LogP contribution is 2.36. The van der Waals surface area contributed by atoms with Crippen LogP contribution in [0.25, 0.3) is 6.08 Å². The largest absolute Gasteiger partial charge is 0.454 e. The summed E-state index contributed by atoms with van der Waals surface area (Å²) >= 11 is 6.51. The van der Waals surface area contributed by atoms with E-state index in [2.05, 4.69) is 10.5 Å². The molecule has 1 fully saturated rings. The number of benzene rings is 1. The van der Waals surface area contributed by atoms with Crippen molar-refractivity contribution in [2.24, 2.45) is 0 Å². The lowest BCUT2D eigenvalue weighted by molar-refractivity contribution is -0.122. The third-order valence-corrected chi connectivity index (χ3v) is 5.40. The molecule has 3 heterocycles. The second-order valence-electron chi connectivity index (χ2n) is 6.07. The number of thioether (sulfide) groups is 1. The van der Waals surface area contributed by atoms with Crippen molar-refractivity contribution in [3.63, 3.8) is 0 Å². The Bertz CT molecular complexity index is 1000. The third-order valence-electron chi connectivity index (χ3n) is 4.03. The Kier molecular flexibility index (Phi) is 5.05. The van der Waals surface area contributed by atoms with Crippen molar-refractivity contribution in [2.45, 2.75) is 13.3 Å². The molecule has 28 heavy (non-hydrogen) atoms. The first-order valence-corrected chi connectivity index (χ1v) is 9.60. The van der Waals surface area contributed by atoms with Crippen LogP contribution in [0.1, 0.15) is 17.7 Å². The van der Waals surface area contributed by atoms with E-state index in [4.69, 9.17) is 26.2 Å². The van der Waals surface area contributed by atoms with Gasteiger partial charge < -0.3 is 19.3 Å². The summed E-state index contributed by atoms with van der Waals surface area (Å²) in [6.07, 6.45) is 1.84. The molecular formula is C18H15N3O5S2. The Morgan fingerprint density at radius 2 is 2.18 bits per heavy atom. The van der Waals surface area contributed by atoms with Gasteiger partial charge in [0.25, 0.3) is 5.91 Å². The summed E-state index contributed by atoms with van der Waals surface area (Å²) in [7, 11) is 0. The molecule has 1 N–H and O–H groups in total. The summed E-state index contributed by atoms with van der Waals surface area (Å²) in [6.45, 7) is 2.11. The maximum Gasteiger partial charge on any atom is 0.266 e. The van der Waals surface area contributed by atoms with E-state index in [-0.39, 0.29) is 31.6 Å². The van der Waals surface area contributed by atoms with Crippen LogP contribution in [0.15, 0.2) is 33.7 Å². The second-order valence-corrected chi connectivity index (χ2v) is 7.74. The fourth-order valence-corrected chi connectivity index (χ4v) is 4.00. The minimum Gasteiger partial charge on any atom is -0.454 e. The van der Waals surface area contributed by atoms with E-state index in [1.807, 2.05) is 12.1 Å². The second kappa shape index (κ2) is 7.64. The van der Waals surface area contributed by atoms with Crippen LogP contribution in [0.4, 0.5) is 5.82 Å². The van der Waals surface area contributed by atoms with E-state index in [0.717, 1.165) is 5.56 Å². The molecule has 1 aromatic carbocycles. The molecule has 10 heteroatoms. The minimum atomic E-state index is -0.276. The van der Waals surface area contributed by atoms with E-state index in [9.17, 15) is 9.59 Å². The Morgan fingerprint density at radius 3 is 2.96 bits per heavy atom. The molecule has 2 aromatic rings. The van der Waals surface area contributed by atoms with Gasteiger partial charge in [0.05, 0.1) is 4.91 Å². The average Bonchev–Trinajstić information content (AvgIpc) is 3.34. The molecule has 1 aromatic heterocycles. The van der Waals surface area contributed by atoms with Crippen LogP contribution in [0.2, 0.25) is 0 Å². The monoisotopic (exact) mass is 417 g/mol. The zero-order valence-corrected chi connectivity index (χ0v) is 16.4. The van der Waals surface area contributed by atoms with Gasteiger partial charge in [-0.25, -0.2) is 0 Å². The third kappa shape index (κ3) is 3.87. The van der Waals surface area contributed by atoms with Crippen LogP contribution in [-0.2, 0) is 9.59 Å². The van der Waals surface area contributed by atoms with Gasteiger partial charge in [-0.05, 0) is 30.7 Å². The number of anilines is 1. The minimum absolute atomic E-state index is 0.0929. The molecule has 0 saturated carbocycles. The summed E-state index contributed by atoms with van der Waals surface area (Å²) < 4.78 is 16.0. The van der Waals surface area contributed by atoms with Gasteiger partial charge in [-0.2, -0.15) is 0 Å². The quantitative estimate of drug-likeness (QED) is 0.586. The fourth-order valence-electron chi connectivity index (χ4n) is 2.69. The van der Waals surface area contributed by atoms with Crippen LogP contribution >= 0.6 is 24.0 Å². The van der Waals surface area contributed by atoms with E-state index in [1.54, 1.807) is 25.1 Å². The number of carbonyl (C=O) groups is 2. The van der Waals surface area contributed by atoms with Gasteiger partial charge in [0.2, 0.25) is 12.7 Å². The van der Waals surface area contributed by atoms with Crippen LogP contribution in [-0.4, -0.2) is 39.5 Å². The molecule has 0 atom stereocenters. The first kappa shape index (κ1) is 18.5. The van der Waals surface area contributed by atoms with Gasteiger partial charge >= 0.3 is 0 Å². The maximum absolute atomic E-state index is 12.7. The number of aromatic nitrogens is 1. The highest BCUT2D eigenvalue weighted by Gasteiger charge is 2.32. The molecule has 2 amide bonds. The normalized spacial score (nSPS) is 16.9. The number of hydrogen-bond donors (Lipinski definition) is 1. The molecule has 2 aliphatic heterocycles. The number of nitrogens with zero attached hydrogens (tertiary/aromatic N) is 2. The Labute approximate surface area is 169 Å². The molecule has 0 spiro atoms. The number of thiocarbonyl (C=S) groups is 1. The van der Waals surface area contributed by atoms with Gasteiger partial charge in [0.1, 0.15) is 10.1 Å². The number of ether oxygens (including phenoxy) is 2. The zero-order chi connectivity index (χ0) is 19.7. The van der Waals surface area contributed by atoms with Gasteiger partial charge in [-0.3, -0.25) is 14.5 Å². The number of amides is 2. The number of aryl methyl sites for hydroxylation is 1. The molecule has 8 nitrogen and oxygen atoms in total. The highest BCUT2D eigenvalue weighted by molar-refractivity contribution is 8.26. The van der Waals surface area contributed by atoms with Crippen LogP contribution in [0, 0.1) is 6.92 Å². The standard InChI is InChI=1S/C18H15N3O5S2/c1-10-6-15(20-26-10)19-16(22)4-5-21-17(23)14(28-18(21)27)8-11-2-3-12-13(7-11)25-9-24-12/h2-3,6-8H,4-5,9H2,1H3,(H,19,20,22)/b14-8-. The molecule has 1 saturated heterocycles. The Balaban J connectivity index is 1.39. The number of fused-ring (bicyclic) bond motifs is 1. The van der Waals surface area contributed by atoms with Crippen molar-refractivity contribution >= 4 is 52.0 Å². The van der Waals surface area contributed by atoms with Crippen molar-refractivity contribution in [1.82, 2.24) is 10.1 Å². The summed E-state index contributed by atoms with van der Waals surface area (Å²) in [5.41, 5.74) is 0.809. The lowest BCUT2D eigenvalue weighted by Crippen LogP contribution is -2.31. The Hall–Kier alpha value is -2.85. The average molecular weight is 417 g/mol. The van der Waals surface area contributed by atoms with Crippen LogP contribution in [0.3, 0.4) is 0 Å². The molecule has 0 unspecified atom stereocenters. The number of rotatable bonds is 5. The van der Waals surface area contributed by atoms with E-state index < -0.39 is 0 Å². The fraction of sp³-hybridized carbons (Fsp3) is 0.222. The number of hydrogen-bond acceptors (Lipinski definition) is 8. The molecule has 144 valence electrons. The van der Waals surface area contributed by atoms with E-state index >= 15 is 0 Å². The predicted molar refractivity (Wildman–Crippen MR) is 107 cm³/mol. The number of carbonyl (C=O) groups excluding carboxylic acids is 2. The summed E-state index contributed by atoms with van der Waals surface area (Å²) in [6, 6.07) is 7.06. The molecule has 0 radical (unpaired) electrons. The predicted octanol–water partition coefficient (Wildman–Crippen LogP) is 2.94. The van der Waals surface area contributed by atoms with Gasteiger partial charge in [0.15, 0.2) is 17.3 Å². The topological polar surface area (TPSA) is 93.9 Å². The van der Waals surface area contributed by atoms with Gasteiger partial charge in [-0.1, -0.05) is 35.2 Å². The lowest BCUT2D eigenvalue weighted by Gasteiger charge is -2.13. The smallest absolute Gasteiger partial charge is 0.266 e. The zero-order valence-electron chi connectivity index (χ0n) is 14.8. The summed E-state index contributed by atoms with van der Waals surface area (Å²) in [5, 5.41) is 6.32. The van der Waals surface area contributed by atoms with E-state index in [1.165, 1.54) is 16.7 Å². The van der Waals surface area contributed by atoms with Crippen molar-refractivity contribution in [2.75, 3.05) is 18.7 Å². The van der Waals surface area contributed by atoms with Crippen LogP contribution < -0.4 is 14.8 Å². The van der Waals surface area contributed by atoms with E-state index in [0.29, 0.717) is 32.3 Å².